The molecule has 1 aliphatic rings. The van der Waals surface area contributed by atoms with Gasteiger partial charge < -0.3 is 14.7 Å². The van der Waals surface area contributed by atoms with Crippen LogP contribution in [-0.4, -0.2) is 25.3 Å². The van der Waals surface area contributed by atoms with Gasteiger partial charge in [0.15, 0.2) is 0 Å². The monoisotopic (exact) mass is 181 g/mol. The van der Waals surface area contributed by atoms with Crippen molar-refractivity contribution in [1.29, 1.82) is 0 Å². The molecule has 1 aliphatic heterocycles. The molecule has 1 aromatic heterocycles. The summed E-state index contributed by atoms with van der Waals surface area (Å²) in [6, 6.07) is 2.02. The largest absolute Gasteiger partial charge is 0.341 e. The van der Waals surface area contributed by atoms with Gasteiger partial charge in [0.05, 0.1) is 5.69 Å². The summed E-state index contributed by atoms with van der Waals surface area (Å²) in [6.07, 6.45) is 2.53. The molecule has 13 heavy (non-hydrogen) atoms. The molecule has 0 amide bonds. The maximum Gasteiger partial charge on any atom is 0.227 e. The smallest absolute Gasteiger partial charge is 0.227 e. The quantitative estimate of drug-likeness (QED) is 0.755. The Morgan fingerprint density at radius 1 is 1.54 bits per heavy atom. The standard InChI is InChI=1S/C9H15N3O/c1-10-7-8-6-9(13-11-8)12-4-2-3-5-12/h6,10H,2-5,7H2,1H3. The molecular formula is C9H15N3O. The molecule has 4 heteroatoms. The van der Waals surface area contributed by atoms with Crippen molar-refractivity contribution in [2.75, 3.05) is 25.0 Å². The maximum atomic E-state index is 5.24. The molecule has 0 aliphatic carbocycles. The lowest BCUT2D eigenvalue weighted by Crippen LogP contribution is -2.16. The molecule has 4 nitrogen and oxygen atoms in total. The minimum absolute atomic E-state index is 0.775. The van der Waals surface area contributed by atoms with Gasteiger partial charge in [-0.15, -0.1) is 0 Å². The summed E-state index contributed by atoms with van der Waals surface area (Å²) in [7, 11) is 1.91. The summed E-state index contributed by atoms with van der Waals surface area (Å²) in [4.78, 5) is 2.24. The Balaban J connectivity index is 2.03. The van der Waals surface area contributed by atoms with Gasteiger partial charge in [0, 0.05) is 25.7 Å². The molecule has 0 unspecified atom stereocenters. The topological polar surface area (TPSA) is 41.3 Å². The molecule has 0 bridgehead atoms. The van der Waals surface area contributed by atoms with Crippen molar-refractivity contribution < 1.29 is 4.52 Å². The van der Waals surface area contributed by atoms with Crippen LogP contribution >= 0.6 is 0 Å². The minimum Gasteiger partial charge on any atom is -0.341 e. The van der Waals surface area contributed by atoms with Crippen molar-refractivity contribution in [3.63, 3.8) is 0 Å². The van der Waals surface area contributed by atoms with Crippen LogP contribution in [0.5, 0.6) is 0 Å². The molecular weight excluding hydrogens is 166 g/mol. The second kappa shape index (κ2) is 3.79. The highest BCUT2D eigenvalue weighted by atomic mass is 16.5. The highest BCUT2D eigenvalue weighted by molar-refractivity contribution is 5.36. The van der Waals surface area contributed by atoms with Crippen molar-refractivity contribution in [1.82, 2.24) is 10.5 Å². The van der Waals surface area contributed by atoms with E-state index in [1.54, 1.807) is 0 Å². The molecule has 0 saturated carbocycles. The van der Waals surface area contributed by atoms with Gasteiger partial charge in [0.2, 0.25) is 5.88 Å². The Hall–Kier alpha value is -1.03. The fraction of sp³-hybridized carbons (Fsp3) is 0.667. The van der Waals surface area contributed by atoms with E-state index in [0.717, 1.165) is 31.2 Å². The van der Waals surface area contributed by atoms with Crippen LogP contribution in [0, 0.1) is 0 Å². The van der Waals surface area contributed by atoms with E-state index in [1.165, 1.54) is 12.8 Å². The molecule has 2 heterocycles. The number of hydrogen-bond donors (Lipinski definition) is 1. The third-order valence-electron chi connectivity index (χ3n) is 2.32. The zero-order valence-electron chi connectivity index (χ0n) is 7.92. The van der Waals surface area contributed by atoms with Crippen LogP contribution in [0.25, 0.3) is 0 Å². The number of hydrogen-bond acceptors (Lipinski definition) is 4. The lowest BCUT2D eigenvalue weighted by atomic mass is 10.4. The lowest BCUT2D eigenvalue weighted by Gasteiger charge is -2.10. The van der Waals surface area contributed by atoms with E-state index in [4.69, 9.17) is 4.52 Å². The molecule has 0 aromatic carbocycles. The Morgan fingerprint density at radius 3 is 3.00 bits per heavy atom. The second-order valence-corrected chi connectivity index (χ2v) is 3.38. The third-order valence-corrected chi connectivity index (χ3v) is 2.32. The van der Waals surface area contributed by atoms with Gasteiger partial charge in [-0.2, -0.15) is 0 Å². The van der Waals surface area contributed by atoms with Crippen LogP contribution in [-0.2, 0) is 6.54 Å². The van der Waals surface area contributed by atoms with Gasteiger partial charge in [-0.1, -0.05) is 5.16 Å². The SMILES string of the molecule is CNCc1cc(N2CCCC2)on1. The molecule has 72 valence electrons. The zero-order valence-corrected chi connectivity index (χ0v) is 7.92. The number of nitrogens with zero attached hydrogens (tertiary/aromatic N) is 2. The Kier molecular flexibility index (Phi) is 2.49. The number of rotatable bonds is 3. The third kappa shape index (κ3) is 1.83. The summed E-state index contributed by atoms with van der Waals surface area (Å²) in [5.41, 5.74) is 0.976. The highest BCUT2D eigenvalue weighted by Crippen LogP contribution is 2.20. The second-order valence-electron chi connectivity index (χ2n) is 3.38. The molecule has 0 atom stereocenters. The van der Waals surface area contributed by atoms with Gasteiger partial charge in [0.1, 0.15) is 0 Å². The predicted octanol–water partition coefficient (Wildman–Crippen LogP) is 0.994. The summed E-state index contributed by atoms with van der Waals surface area (Å²) in [5.74, 6) is 0.919. The summed E-state index contributed by atoms with van der Waals surface area (Å²) in [6.45, 7) is 2.99. The highest BCUT2D eigenvalue weighted by Gasteiger charge is 2.16. The maximum absolute atomic E-state index is 5.24. The van der Waals surface area contributed by atoms with Crippen LogP contribution in [0.15, 0.2) is 10.6 Å². The van der Waals surface area contributed by atoms with Gasteiger partial charge in [-0.05, 0) is 19.9 Å². The number of nitrogens with one attached hydrogen (secondary N) is 1. The Bertz CT molecular complexity index is 266. The van der Waals surface area contributed by atoms with Crippen LogP contribution in [0.2, 0.25) is 0 Å². The van der Waals surface area contributed by atoms with Gasteiger partial charge >= 0.3 is 0 Å². The van der Waals surface area contributed by atoms with Crippen LogP contribution in [0.4, 0.5) is 5.88 Å². The summed E-state index contributed by atoms with van der Waals surface area (Å²) in [5, 5.41) is 7.02. The fourth-order valence-electron chi connectivity index (χ4n) is 1.65. The van der Waals surface area contributed by atoms with E-state index in [1.807, 2.05) is 13.1 Å². The first-order valence-corrected chi connectivity index (χ1v) is 4.75. The van der Waals surface area contributed by atoms with E-state index >= 15 is 0 Å². The van der Waals surface area contributed by atoms with Crippen molar-refractivity contribution in [2.24, 2.45) is 0 Å². The predicted molar refractivity (Wildman–Crippen MR) is 50.7 cm³/mol. The van der Waals surface area contributed by atoms with Crippen molar-refractivity contribution in [3.8, 4) is 0 Å². The van der Waals surface area contributed by atoms with E-state index in [2.05, 4.69) is 15.4 Å². The van der Waals surface area contributed by atoms with E-state index in [9.17, 15) is 0 Å². The Labute approximate surface area is 77.9 Å². The van der Waals surface area contributed by atoms with Crippen LogP contribution in [0.1, 0.15) is 18.5 Å². The molecule has 1 saturated heterocycles. The summed E-state index contributed by atoms with van der Waals surface area (Å²) >= 11 is 0. The average Bonchev–Trinajstić information content (AvgIpc) is 2.70. The van der Waals surface area contributed by atoms with Crippen LogP contribution in [0.3, 0.4) is 0 Å². The molecule has 1 N–H and O–H groups in total. The minimum atomic E-state index is 0.775. The molecule has 0 radical (unpaired) electrons. The Morgan fingerprint density at radius 2 is 2.31 bits per heavy atom. The number of anilines is 1. The van der Waals surface area contributed by atoms with Crippen molar-refractivity contribution in [3.05, 3.63) is 11.8 Å². The lowest BCUT2D eigenvalue weighted by molar-refractivity contribution is 0.410. The van der Waals surface area contributed by atoms with Gasteiger partial charge in [-0.25, -0.2) is 0 Å². The molecule has 0 spiro atoms. The average molecular weight is 181 g/mol. The normalized spacial score (nSPS) is 16.8. The first kappa shape index (κ1) is 8.56. The first-order chi connectivity index (χ1) is 6.40. The zero-order chi connectivity index (χ0) is 9.10. The van der Waals surface area contributed by atoms with Crippen molar-refractivity contribution >= 4 is 5.88 Å². The fourth-order valence-corrected chi connectivity index (χ4v) is 1.65. The number of aromatic nitrogens is 1. The van der Waals surface area contributed by atoms with Gasteiger partial charge in [0.25, 0.3) is 0 Å². The van der Waals surface area contributed by atoms with E-state index < -0.39 is 0 Å². The first-order valence-electron chi connectivity index (χ1n) is 4.75. The van der Waals surface area contributed by atoms with Crippen molar-refractivity contribution in [2.45, 2.75) is 19.4 Å². The van der Waals surface area contributed by atoms with E-state index in [-0.39, 0.29) is 0 Å². The molecule has 1 aromatic rings. The van der Waals surface area contributed by atoms with E-state index in [0.29, 0.717) is 0 Å². The molecule has 2 rings (SSSR count). The van der Waals surface area contributed by atoms with Gasteiger partial charge in [-0.3, -0.25) is 0 Å². The molecule has 1 fully saturated rings. The van der Waals surface area contributed by atoms with Crippen LogP contribution < -0.4 is 10.2 Å². The summed E-state index contributed by atoms with van der Waals surface area (Å²) < 4.78 is 5.24.